The van der Waals surface area contributed by atoms with Crippen LogP contribution in [0, 0.1) is 0 Å². The Balaban J connectivity index is 1.84. The molecule has 100 valence electrons. The Morgan fingerprint density at radius 3 is 2.85 bits per heavy atom. The van der Waals surface area contributed by atoms with Crippen molar-refractivity contribution in [3.05, 3.63) is 59.7 Å². The van der Waals surface area contributed by atoms with Gasteiger partial charge in [0.25, 0.3) is 5.91 Å². The first-order valence-electron chi connectivity index (χ1n) is 6.22. The third kappa shape index (κ3) is 2.54. The molecule has 0 aliphatic heterocycles. The number of rotatable bonds is 3. The van der Waals surface area contributed by atoms with Crippen LogP contribution in [0.1, 0.15) is 15.9 Å². The smallest absolute Gasteiger partial charge is 0.257 e. The van der Waals surface area contributed by atoms with Crippen molar-refractivity contribution in [2.45, 2.75) is 6.54 Å². The van der Waals surface area contributed by atoms with Gasteiger partial charge in [0.1, 0.15) is 0 Å². The number of thiazole rings is 1. The summed E-state index contributed by atoms with van der Waals surface area (Å²) in [6, 6.07) is 15.1. The summed E-state index contributed by atoms with van der Waals surface area (Å²) < 4.78 is 1.05. The SMILES string of the molecule is NCc1cccc(C(=O)Nc2nc3ccccc3s2)c1. The lowest BCUT2D eigenvalue weighted by molar-refractivity contribution is 0.102. The predicted octanol–water partition coefficient (Wildman–Crippen LogP) is 3.01. The predicted molar refractivity (Wildman–Crippen MR) is 81.9 cm³/mol. The molecular formula is C15H13N3OS. The molecule has 3 aromatic rings. The molecule has 1 aromatic heterocycles. The number of carbonyl (C=O) groups is 1. The third-order valence-electron chi connectivity index (χ3n) is 2.94. The summed E-state index contributed by atoms with van der Waals surface area (Å²) in [6.07, 6.45) is 0. The van der Waals surface area contributed by atoms with Crippen LogP contribution in [0.4, 0.5) is 5.13 Å². The quantitative estimate of drug-likeness (QED) is 0.776. The van der Waals surface area contributed by atoms with Gasteiger partial charge in [-0.05, 0) is 29.8 Å². The standard InChI is InChI=1S/C15H13N3OS/c16-9-10-4-3-5-11(8-10)14(19)18-15-17-12-6-1-2-7-13(12)20-15/h1-8H,9,16H2,(H,17,18,19). The Morgan fingerprint density at radius 2 is 2.05 bits per heavy atom. The Kier molecular flexibility index (Phi) is 3.45. The zero-order valence-electron chi connectivity index (χ0n) is 10.7. The maximum Gasteiger partial charge on any atom is 0.257 e. The second-order valence-corrected chi connectivity index (χ2v) is 5.38. The largest absolute Gasteiger partial charge is 0.326 e. The Morgan fingerprint density at radius 1 is 1.20 bits per heavy atom. The van der Waals surface area contributed by atoms with Crippen molar-refractivity contribution in [3.8, 4) is 0 Å². The van der Waals surface area contributed by atoms with E-state index < -0.39 is 0 Å². The summed E-state index contributed by atoms with van der Waals surface area (Å²) in [7, 11) is 0. The van der Waals surface area contributed by atoms with Crippen LogP contribution < -0.4 is 11.1 Å². The molecule has 0 saturated carbocycles. The van der Waals surface area contributed by atoms with Crippen molar-refractivity contribution < 1.29 is 4.79 Å². The number of carbonyl (C=O) groups excluding carboxylic acids is 1. The maximum atomic E-state index is 12.2. The van der Waals surface area contributed by atoms with Gasteiger partial charge in [0, 0.05) is 12.1 Å². The van der Waals surface area contributed by atoms with E-state index in [1.807, 2.05) is 36.4 Å². The van der Waals surface area contributed by atoms with Crippen LogP contribution in [0.5, 0.6) is 0 Å². The van der Waals surface area contributed by atoms with Crippen molar-refractivity contribution in [3.63, 3.8) is 0 Å². The van der Waals surface area contributed by atoms with E-state index in [0.717, 1.165) is 15.8 Å². The minimum Gasteiger partial charge on any atom is -0.326 e. The van der Waals surface area contributed by atoms with Gasteiger partial charge in [0.15, 0.2) is 5.13 Å². The molecule has 0 spiro atoms. The highest BCUT2D eigenvalue weighted by molar-refractivity contribution is 7.22. The van der Waals surface area contributed by atoms with E-state index in [9.17, 15) is 4.79 Å². The van der Waals surface area contributed by atoms with E-state index in [1.54, 1.807) is 12.1 Å². The van der Waals surface area contributed by atoms with Crippen LogP contribution in [0.15, 0.2) is 48.5 Å². The number of benzene rings is 2. The lowest BCUT2D eigenvalue weighted by Gasteiger charge is -2.03. The monoisotopic (exact) mass is 283 g/mol. The van der Waals surface area contributed by atoms with Gasteiger partial charge >= 0.3 is 0 Å². The van der Waals surface area contributed by atoms with Gasteiger partial charge < -0.3 is 5.73 Å². The van der Waals surface area contributed by atoms with Crippen molar-refractivity contribution in [2.75, 3.05) is 5.32 Å². The first kappa shape index (κ1) is 12.8. The average Bonchev–Trinajstić information content (AvgIpc) is 2.89. The van der Waals surface area contributed by atoms with Gasteiger partial charge in [-0.2, -0.15) is 0 Å². The highest BCUT2D eigenvalue weighted by atomic mass is 32.1. The molecule has 0 bridgehead atoms. The molecule has 20 heavy (non-hydrogen) atoms. The van der Waals surface area contributed by atoms with Crippen molar-refractivity contribution in [1.29, 1.82) is 0 Å². The summed E-state index contributed by atoms with van der Waals surface area (Å²) in [5, 5.41) is 3.43. The number of aromatic nitrogens is 1. The van der Waals surface area contributed by atoms with Crippen LogP contribution in [-0.2, 0) is 6.54 Å². The fraction of sp³-hybridized carbons (Fsp3) is 0.0667. The summed E-state index contributed by atoms with van der Waals surface area (Å²) in [5.74, 6) is -0.167. The van der Waals surface area contributed by atoms with Crippen molar-refractivity contribution in [2.24, 2.45) is 5.73 Å². The van der Waals surface area contributed by atoms with E-state index >= 15 is 0 Å². The van der Waals surface area contributed by atoms with Crippen molar-refractivity contribution >= 4 is 32.6 Å². The van der Waals surface area contributed by atoms with Gasteiger partial charge in [-0.1, -0.05) is 35.6 Å². The van der Waals surface area contributed by atoms with E-state index in [2.05, 4.69) is 10.3 Å². The lowest BCUT2D eigenvalue weighted by Crippen LogP contribution is -2.12. The summed E-state index contributed by atoms with van der Waals surface area (Å²) in [5.41, 5.74) is 7.99. The average molecular weight is 283 g/mol. The molecule has 5 heteroatoms. The summed E-state index contributed by atoms with van der Waals surface area (Å²) in [4.78, 5) is 16.6. The van der Waals surface area contributed by atoms with Crippen molar-refractivity contribution in [1.82, 2.24) is 4.98 Å². The summed E-state index contributed by atoms with van der Waals surface area (Å²) >= 11 is 1.46. The van der Waals surface area contributed by atoms with E-state index in [-0.39, 0.29) is 5.91 Å². The van der Waals surface area contributed by atoms with Crippen LogP contribution >= 0.6 is 11.3 Å². The molecule has 3 N–H and O–H groups in total. The molecule has 1 heterocycles. The second kappa shape index (κ2) is 5.40. The van der Waals surface area contributed by atoms with Gasteiger partial charge in [-0.3, -0.25) is 10.1 Å². The van der Waals surface area contributed by atoms with E-state index in [4.69, 9.17) is 5.73 Å². The Labute approximate surface area is 120 Å². The molecule has 0 radical (unpaired) electrons. The van der Waals surface area contributed by atoms with Gasteiger partial charge in [-0.15, -0.1) is 0 Å². The zero-order valence-corrected chi connectivity index (χ0v) is 11.5. The zero-order chi connectivity index (χ0) is 13.9. The van der Waals surface area contributed by atoms with Crippen LogP contribution in [0.25, 0.3) is 10.2 Å². The number of nitrogens with two attached hydrogens (primary N) is 1. The molecule has 4 nitrogen and oxygen atoms in total. The van der Waals surface area contributed by atoms with E-state index in [0.29, 0.717) is 17.2 Å². The highest BCUT2D eigenvalue weighted by Crippen LogP contribution is 2.25. The number of para-hydroxylation sites is 1. The second-order valence-electron chi connectivity index (χ2n) is 4.35. The molecule has 0 aliphatic rings. The minimum absolute atomic E-state index is 0.167. The molecule has 0 unspecified atom stereocenters. The number of hydrogen-bond acceptors (Lipinski definition) is 4. The number of anilines is 1. The molecule has 0 fully saturated rings. The molecule has 2 aromatic carbocycles. The molecule has 0 saturated heterocycles. The van der Waals surface area contributed by atoms with Crippen LogP contribution in [0.3, 0.4) is 0 Å². The number of nitrogens with zero attached hydrogens (tertiary/aromatic N) is 1. The molecule has 1 amide bonds. The fourth-order valence-electron chi connectivity index (χ4n) is 1.93. The normalized spacial score (nSPS) is 10.7. The first-order valence-corrected chi connectivity index (χ1v) is 7.04. The van der Waals surface area contributed by atoms with Gasteiger partial charge in [0.2, 0.25) is 0 Å². The van der Waals surface area contributed by atoms with Crippen LogP contribution in [-0.4, -0.2) is 10.9 Å². The lowest BCUT2D eigenvalue weighted by atomic mass is 10.1. The minimum atomic E-state index is -0.167. The Bertz CT molecular complexity index is 733. The van der Waals surface area contributed by atoms with E-state index in [1.165, 1.54) is 11.3 Å². The van der Waals surface area contributed by atoms with Gasteiger partial charge in [-0.25, -0.2) is 4.98 Å². The number of hydrogen-bond donors (Lipinski definition) is 2. The molecule has 3 rings (SSSR count). The Hall–Kier alpha value is -2.24. The number of amides is 1. The van der Waals surface area contributed by atoms with Crippen LogP contribution in [0.2, 0.25) is 0 Å². The topological polar surface area (TPSA) is 68.0 Å². The molecular weight excluding hydrogens is 270 g/mol. The maximum absolute atomic E-state index is 12.2. The third-order valence-corrected chi connectivity index (χ3v) is 3.89. The first-order chi connectivity index (χ1) is 9.76. The highest BCUT2D eigenvalue weighted by Gasteiger charge is 2.09. The number of nitrogens with one attached hydrogen (secondary N) is 1. The molecule has 0 atom stereocenters. The number of fused-ring (bicyclic) bond motifs is 1. The fourth-order valence-corrected chi connectivity index (χ4v) is 2.80. The van der Waals surface area contributed by atoms with Gasteiger partial charge in [0.05, 0.1) is 10.2 Å². The summed E-state index contributed by atoms with van der Waals surface area (Å²) in [6.45, 7) is 0.419. The molecule has 0 aliphatic carbocycles.